The van der Waals surface area contributed by atoms with E-state index in [0.29, 0.717) is 5.92 Å². The predicted octanol–water partition coefficient (Wildman–Crippen LogP) is 0.454. The quantitative estimate of drug-likeness (QED) is 0.450. The van der Waals surface area contributed by atoms with Crippen LogP contribution in [0, 0.1) is 5.92 Å². The monoisotopic (exact) mass is 115 g/mol. The number of hydrogen-bond donors (Lipinski definition) is 2. The Morgan fingerprint density at radius 3 is 2.50 bits per heavy atom. The van der Waals surface area contributed by atoms with Crippen molar-refractivity contribution in [1.82, 2.24) is 0 Å². The van der Waals surface area contributed by atoms with Gasteiger partial charge in [0.05, 0.1) is 0 Å². The molecule has 2 nitrogen and oxygen atoms in total. The van der Waals surface area contributed by atoms with E-state index in [2.05, 4.69) is 0 Å². The van der Waals surface area contributed by atoms with Gasteiger partial charge in [-0.25, -0.2) is 0 Å². The van der Waals surface area contributed by atoms with Gasteiger partial charge in [0.25, 0.3) is 0 Å². The molecule has 0 saturated heterocycles. The second-order valence-electron chi connectivity index (χ2n) is 2.78. The summed E-state index contributed by atoms with van der Waals surface area (Å²) in [6.07, 6.45) is 2.93. The van der Waals surface area contributed by atoms with Crippen LogP contribution in [0.15, 0.2) is 0 Å². The van der Waals surface area contributed by atoms with E-state index >= 15 is 0 Å². The van der Waals surface area contributed by atoms with Crippen molar-refractivity contribution < 1.29 is 5.11 Å². The van der Waals surface area contributed by atoms with E-state index in [1.807, 2.05) is 6.92 Å². The molecular weight excluding hydrogens is 102 g/mol. The summed E-state index contributed by atoms with van der Waals surface area (Å²) in [5, 5.41) is 9.24. The number of nitrogens with two attached hydrogens (primary N) is 1. The highest BCUT2D eigenvalue weighted by molar-refractivity contribution is 4.83. The molecule has 2 heteroatoms. The lowest BCUT2D eigenvalue weighted by Gasteiger charge is -2.20. The van der Waals surface area contributed by atoms with Crippen molar-refractivity contribution in [2.24, 2.45) is 11.7 Å². The molecule has 0 aliphatic heterocycles. The highest BCUT2D eigenvalue weighted by Crippen LogP contribution is 2.30. The Labute approximate surface area is 49.7 Å². The smallest absolute Gasteiger partial charge is 0.116 e. The van der Waals surface area contributed by atoms with Crippen LogP contribution in [0.1, 0.15) is 26.2 Å². The first-order valence-electron chi connectivity index (χ1n) is 3.14. The van der Waals surface area contributed by atoms with Gasteiger partial charge < -0.3 is 10.8 Å². The first-order chi connectivity index (χ1) is 3.63. The molecule has 2 atom stereocenters. The lowest BCUT2D eigenvalue weighted by atomic mass is 10.0. The minimum Gasteiger partial charge on any atom is -0.376 e. The zero-order valence-corrected chi connectivity index (χ0v) is 5.22. The molecule has 48 valence electrons. The Hall–Kier alpha value is -0.0800. The van der Waals surface area contributed by atoms with Gasteiger partial charge in [0.15, 0.2) is 0 Å². The van der Waals surface area contributed by atoms with Gasteiger partial charge >= 0.3 is 0 Å². The minimum atomic E-state index is -0.847. The summed E-state index contributed by atoms with van der Waals surface area (Å²) in [6, 6.07) is 0. The van der Waals surface area contributed by atoms with Crippen LogP contribution in [0.3, 0.4) is 0 Å². The molecule has 0 aromatic heterocycles. The second-order valence-corrected chi connectivity index (χ2v) is 2.78. The van der Waals surface area contributed by atoms with E-state index in [1.165, 1.54) is 0 Å². The highest BCUT2D eigenvalue weighted by atomic mass is 16.3. The predicted molar refractivity (Wildman–Crippen MR) is 32.2 cm³/mol. The summed E-state index contributed by atoms with van der Waals surface area (Å²) in [5.41, 5.74) is 4.63. The van der Waals surface area contributed by atoms with Crippen molar-refractivity contribution in [3.63, 3.8) is 0 Å². The molecule has 0 aromatic rings. The molecule has 2 unspecified atom stereocenters. The van der Waals surface area contributed by atoms with Crippen LogP contribution < -0.4 is 5.73 Å². The highest BCUT2D eigenvalue weighted by Gasteiger charge is 2.33. The molecule has 0 aromatic carbocycles. The van der Waals surface area contributed by atoms with E-state index in [4.69, 9.17) is 5.73 Å². The molecule has 3 N–H and O–H groups in total. The van der Waals surface area contributed by atoms with Gasteiger partial charge in [-0.2, -0.15) is 0 Å². The van der Waals surface area contributed by atoms with Crippen LogP contribution >= 0.6 is 0 Å². The van der Waals surface area contributed by atoms with Crippen LogP contribution in [-0.4, -0.2) is 10.8 Å². The molecule has 1 aliphatic carbocycles. The average molecular weight is 115 g/mol. The summed E-state index contributed by atoms with van der Waals surface area (Å²) in [5.74, 6) is 0.294. The number of hydrogen-bond acceptors (Lipinski definition) is 2. The average Bonchev–Trinajstić information content (AvgIpc) is 1.86. The van der Waals surface area contributed by atoms with Gasteiger partial charge in [-0.05, 0) is 25.2 Å². The maximum atomic E-state index is 9.24. The molecule has 0 heterocycles. The third kappa shape index (κ3) is 0.858. The Morgan fingerprint density at radius 2 is 2.38 bits per heavy atom. The van der Waals surface area contributed by atoms with Gasteiger partial charge in [0.1, 0.15) is 5.72 Å². The van der Waals surface area contributed by atoms with E-state index in [-0.39, 0.29) is 0 Å². The van der Waals surface area contributed by atoms with Crippen molar-refractivity contribution >= 4 is 0 Å². The van der Waals surface area contributed by atoms with Crippen LogP contribution in [0.2, 0.25) is 0 Å². The fourth-order valence-electron chi connectivity index (χ4n) is 1.19. The molecular formula is C6H13NO. The molecule has 1 rings (SSSR count). The van der Waals surface area contributed by atoms with Crippen LogP contribution in [0.25, 0.3) is 0 Å². The van der Waals surface area contributed by atoms with Gasteiger partial charge in [0, 0.05) is 0 Å². The Kier molecular flexibility index (Phi) is 1.29. The van der Waals surface area contributed by atoms with Gasteiger partial charge in [-0.15, -0.1) is 0 Å². The first kappa shape index (κ1) is 6.05. The maximum absolute atomic E-state index is 9.24. The van der Waals surface area contributed by atoms with Crippen molar-refractivity contribution in [3.05, 3.63) is 0 Å². The Morgan fingerprint density at radius 1 is 1.75 bits per heavy atom. The van der Waals surface area contributed by atoms with Gasteiger partial charge in [0.2, 0.25) is 0 Å². The lowest BCUT2D eigenvalue weighted by Crippen LogP contribution is -2.41. The fraction of sp³-hybridized carbons (Fsp3) is 1.00. The maximum Gasteiger partial charge on any atom is 0.116 e. The van der Waals surface area contributed by atoms with E-state index in [1.54, 1.807) is 0 Å². The van der Waals surface area contributed by atoms with Crippen LogP contribution in [0.4, 0.5) is 0 Å². The van der Waals surface area contributed by atoms with Crippen molar-refractivity contribution in [3.8, 4) is 0 Å². The normalized spacial score (nSPS) is 47.6. The van der Waals surface area contributed by atoms with E-state index in [0.717, 1.165) is 19.3 Å². The van der Waals surface area contributed by atoms with Crippen molar-refractivity contribution in [2.75, 3.05) is 0 Å². The summed E-state index contributed by atoms with van der Waals surface area (Å²) in [6.45, 7) is 1.99. The molecule has 8 heavy (non-hydrogen) atoms. The lowest BCUT2D eigenvalue weighted by molar-refractivity contribution is 0.0157. The summed E-state index contributed by atoms with van der Waals surface area (Å²) in [4.78, 5) is 0. The first-order valence-corrected chi connectivity index (χ1v) is 3.14. The van der Waals surface area contributed by atoms with Crippen LogP contribution in [0.5, 0.6) is 0 Å². The number of rotatable bonds is 0. The third-order valence-corrected chi connectivity index (χ3v) is 2.07. The van der Waals surface area contributed by atoms with Gasteiger partial charge in [-0.1, -0.05) is 6.92 Å². The Balaban J connectivity index is 2.54. The minimum absolute atomic E-state index is 0.294. The van der Waals surface area contributed by atoms with Crippen LogP contribution in [-0.2, 0) is 0 Å². The molecule has 0 bridgehead atoms. The summed E-state index contributed by atoms with van der Waals surface area (Å²) < 4.78 is 0. The molecule has 1 fully saturated rings. The fourth-order valence-corrected chi connectivity index (χ4v) is 1.19. The molecule has 0 amide bonds. The third-order valence-electron chi connectivity index (χ3n) is 2.07. The molecule has 0 radical (unpaired) electrons. The van der Waals surface area contributed by atoms with Crippen molar-refractivity contribution in [2.45, 2.75) is 31.9 Å². The SMILES string of the molecule is CC1CCCC1(N)O. The van der Waals surface area contributed by atoms with Crippen molar-refractivity contribution in [1.29, 1.82) is 0 Å². The molecule has 0 spiro atoms. The topological polar surface area (TPSA) is 46.2 Å². The van der Waals surface area contributed by atoms with E-state index in [9.17, 15) is 5.11 Å². The number of aliphatic hydroxyl groups is 1. The van der Waals surface area contributed by atoms with Gasteiger partial charge in [-0.3, -0.25) is 0 Å². The standard InChI is InChI=1S/C6H13NO/c1-5-3-2-4-6(5,7)8/h5,8H,2-4,7H2,1H3. The molecule has 1 saturated carbocycles. The zero-order valence-electron chi connectivity index (χ0n) is 5.22. The largest absolute Gasteiger partial charge is 0.376 e. The molecule has 1 aliphatic rings. The zero-order chi connectivity index (χ0) is 6.20. The summed E-state index contributed by atoms with van der Waals surface area (Å²) in [7, 11) is 0. The summed E-state index contributed by atoms with van der Waals surface area (Å²) >= 11 is 0. The Bertz CT molecular complexity index is 90.5. The second kappa shape index (κ2) is 1.71. The van der Waals surface area contributed by atoms with E-state index < -0.39 is 5.72 Å².